The van der Waals surface area contributed by atoms with Gasteiger partial charge in [0.25, 0.3) is 0 Å². The van der Waals surface area contributed by atoms with E-state index in [4.69, 9.17) is 19.3 Å². The third-order valence-electron chi connectivity index (χ3n) is 3.39. The molecule has 23 heavy (non-hydrogen) atoms. The monoisotopic (exact) mass is 325 g/mol. The number of methoxy groups -OCH3 is 3. The maximum Gasteiger partial charge on any atom is 0.334 e. The van der Waals surface area contributed by atoms with Crippen LogP contribution in [0.5, 0.6) is 11.5 Å². The summed E-state index contributed by atoms with van der Waals surface area (Å²) < 4.78 is 15.2. The molecule has 0 heterocycles. The van der Waals surface area contributed by atoms with Crippen molar-refractivity contribution in [1.82, 2.24) is 5.32 Å². The van der Waals surface area contributed by atoms with Crippen LogP contribution in [0.25, 0.3) is 0 Å². The normalized spacial score (nSPS) is 11.6. The third kappa shape index (κ3) is 6.15. The van der Waals surface area contributed by atoms with Crippen LogP contribution < -0.4 is 14.8 Å². The highest BCUT2D eigenvalue weighted by Gasteiger charge is 2.17. The van der Waals surface area contributed by atoms with Crippen molar-refractivity contribution in [3.05, 3.63) is 23.8 Å². The Balaban J connectivity index is 2.41. The van der Waals surface area contributed by atoms with Gasteiger partial charge in [-0.25, -0.2) is 4.79 Å². The highest BCUT2D eigenvalue weighted by Crippen LogP contribution is 2.25. The Morgan fingerprint density at radius 2 is 1.96 bits per heavy atom. The van der Waals surface area contributed by atoms with E-state index in [0.717, 1.165) is 11.3 Å². The fourth-order valence-electron chi connectivity index (χ4n) is 2.06. The average Bonchev–Trinajstić information content (AvgIpc) is 2.55. The van der Waals surface area contributed by atoms with Crippen LogP contribution in [-0.2, 0) is 20.7 Å². The second-order valence-corrected chi connectivity index (χ2v) is 4.90. The zero-order valence-corrected chi connectivity index (χ0v) is 13.6. The molecule has 0 saturated carbocycles. The predicted octanol–water partition coefficient (Wildman–Crippen LogP) is 1.24. The molecule has 2 N–H and O–H groups in total. The fourth-order valence-corrected chi connectivity index (χ4v) is 2.06. The zero-order valence-electron chi connectivity index (χ0n) is 13.6. The number of rotatable bonds is 10. The quantitative estimate of drug-likeness (QED) is 0.672. The van der Waals surface area contributed by atoms with Crippen LogP contribution in [0.15, 0.2) is 18.2 Å². The molecule has 0 bridgehead atoms. The molecule has 0 aliphatic heterocycles. The molecule has 7 heteroatoms. The summed E-state index contributed by atoms with van der Waals surface area (Å²) in [4.78, 5) is 22.5. The number of amides is 1. The maximum atomic E-state index is 11.7. The van der Waals surface area contributed by atoms with Crippen molar-refractivity contribution in [1.29, 1.82) is 0 Å². The number of benzene rings is 1. The fraction of sp³-hybridized carbons (Fsp3) is 0.500. The molecule has 0 aromatic heterocycles. The summed E-state index contributed by atoms with van der Waals surface area (Å²) in [6.07, 6.45) is 0.568. The lowest BCUT2D eigenvalue weighted by atomic mass is 10.1. The van der Waals surface area contributed by atoms with Crippen LogP contribution in [0, 0.1) is 0 Å². The predicted molar refractivity (Wildman–Crippen MR) is 83.9 cm³/mol. The van der Waals surface area contributed by atoms with E-state index in [0.29, 0.717) is 25.0 Å². The zero-order chi connectivity index (χ0) is 17.2. The lowest BCUT2D eigenvalue weighted by Gasteiger charge is -2.12. The van der Waals surface area contributed by atoms with E-state index >= 15 is 0 Å². The van der Waals surface area contributed by atoms with Gasteiger partial charge in [-0.1, -0.05) is 6.07 Å². The first-order valence-electron chi connectivity index (χ1n) is 7.25. The molecule has 0 radical (unpaired) electrons. The topological polar surface area (TPSA) is 94.1 Å². The van der Waals surface area contributed by atoms with Gasteiger partial charge in [0.15, 0.2) is 6.10 Å². The summed E-state index contributed by atoms with van der Waals surface area (Å²) in [6, 6.07) is 5.54. The Morgan fingerprint density at radius 1 is 1.22 bits per heavy atom. The molecule has 1 amide bonds. The molecule has 1 aromatic carbocycles. The SMILES string of the molecule is COc1ccc(CCCC(=O)NCC(OC)C(=O)O)c(OC)c1. The van der Waals surface area contributed by atoms with Gasteiger partial charge in [0.05, 0.1) is 20.8 Å². The Hall–Kier alpha value is -2.28. The van der Waals surface area contributed by atoms with Crippen LogP contribution >= 0.6 is 0 Å². The largest absolute Gasteiger partial charge is 0.497 e. The van der Waals surface area contributed by atoms with E-state index in [1.807, 2.05) is 12.1 Å². The average molecular weight is 325 g/mol. The minimum Gasteiger partial charge on any atom is -0.497 e. The number of aliphatic carboxylic acids is 1. The molecule has 0 saturated heterocycles. The number of hydrogen-bond acceptors (Lipinski definition) is 5. The number of aryl methyl sites for hydroxylation is 1. The molecular weight excluding hydrogens is 302 g/mol. The molecule has 1 aromatic rings. The van der Waals surface area contributed by atoms with Crippen molar-refractivity contribution in [3.63, 3.8) is 0 Å². The first kappa shape index (κ1) is 18.8. The van der Waals surface area contributed by atoms with Gasteiger partial charge in [-0.2, -0.15) is 0 Å². The summed E-state index contributed by atoms with van der Waals surface area (Å²) in [6.45, 7) is -0.0451. The van der Waals surface area contributed by atoms with Gasteiger partial charge in [-0.05, 0) is 24.5 Å². The molecule has 1 rings (SSSR count). The number of carboxylic acids is 1. The second kappa shape index (κ2) is 9.68. The Labute approximate surface area is 135 Å². The lowest BCUT2D eigenvalue weighted by Crippen LogP contribution is -2.37. The second-order valence-electron chi connectivity index (χ2n) is 4.90. The van der Waals surface area contributed by atoms with Crippen molar-refractivity contribution >= 4 is 11.9 Å². The summed E-state index contributed by atoms with van der Waals surface area (Å²) >= 11 is 0. The van der Waals surface area contributed by atoms with Crippen LogP contribution in [0.3, 0.4) is 0 Å². The number of carboxylic acid groups (broad SMARTS) is 1. The Morgan fingerprint density at radius 3 is 2.52 bits per heavy atom. The van der Waals surface area contributed by atoms with Crippen molar-refractivity contribution in [2.45, 2.75) is 25.4 Å². The molecule has 0 fully saturated rings. The number of hydrogen-bond donors (Lipinski definition) is 2. The van der Waals surface area contributed by atoms with Gasteiger partial charge in [0, 0.05) is 19.6 Å². The first-order valence-corrected chi connectivity index (χ1v) is 7.25. The summed E-state index contributed by atoms with van der Waals surface area (Å²) in [7, 11) is 4.46. The molecule has 0 aliphatic carbocycles. The van der Waals surface area contributed by atoms with Crippen LogP contribution in [0.2, 0.25) is 0 Å². The van der Waals surface area contributed by atoms with E-state index in [1.54, 1.807) is 20.3 Å². The number of ether oxygens (including phenoxy) is 3. The number of carbonyl (C=O) groups excluding carboxylic acids is 1. The minimum absolute atomic E-state index is 0.0451. The summed E-state index contributed by atoms with van der Waals surface area (Å²) in [5.41, 5.74) is 0.987. The standard InChI is InChI=1S/C16H23NO6/c1-21-12-8-7-11(13(9-12)22-2)5-4-6-15(18)17-10-14(23-3)16(19)20/h7-9,14H,4-6,10H2,1-3H3,(H,17,18)(H,19,20). The van der Waals surface area contributed by atoms with E-state index in [2.05, 4.69) is 5.32 Å². The molecule has 1 unspecified atom stereocenters. The maximum absolute atomic E-state index is 11.7. The molecule has 128 valence electrons. The van der Waals surface area contributed by atoms with Gasteiger partial charge >= 0.3 is 5.97 Å². The Kier molecular flexibility index (Phi) is 7.90. The molecule has 0 spiro atoms. The van der Waals surface area contributed by atoms with Crippen LogP contribution in [-0.4, -0.2) is 51.0 Å². The molecule has 0 aliphatic rings. The summed E-state index contributed by atoms with van der Waals surface area (Å²) in [5.74, 6) is 0.120. The van der Waals surface area contributed by atoms with Crippen molar-refractivity contribution in [3.8, 4) is 11.5 Å². The van der Waals surface area contributed by atoms with Gasteiger partial charge in [0.2, 0.25) is 5.91 Å². The summed E-state index contributed by atoms with van der Waals surface area (Å²) in [5, 5.41) is 11.4. The van der Waals surface area contributed by atoms with Crippen LogP contribution in [0.1, 0.15) is 18.4 Å². The van der Waals surface area contributed by atoms with E-state index < -0.39 is 12.1 Å². The molecule has 1 atom stereocenters. The van der Waals surface area contributed by atoms with Crippen molar-refractivity contribution in [2.75, 3.05) is 27.9 Å². The smallest absolute Gasteiger partial charge is 0.334 e. The highest BCUT2D eigenvalue weighted by molar-refractivity contribution is 5.78. The van der Waals surface area contributed by atoms with E-state index in [-0.39, 0.29) is 12.5 Å². The minimum atomic E-state index is -1.10. The van der Waals surface area contributed by atoms with E-state index in [1.165, 1.54) is 7.11 Å². The molecular formula is C16H23NO6. The first-order chi connectivity index (χ1) is 11.0. The number of carbonyl (C=O) groups is 2. The van der Waals surface area contributed by atoms with Gasteiger partial charge in [0.1, 0.15) is 11.5 Å². The van der Waals surface area contributed by atoms with Crippen molar-refractivity contribution < 1.29 is 28.9 Å². The van der Waals surface area contributed by atoms with Gasteiger partial charge < -0.3 is 24.6 Å². The van der Waals surface area contributed by atoms with Gasteiger partial charge in [-0.15, -0.1) is 0 Å². The lowest BCUT2D eigenvalue weighted by molar-refractivity contribution is -0.148. The number of nitrogens with one attached hydrogen (secondary N) is 1. The molecule has 7 nitrogen and oxygen atoms in total. The highest BCUT2D eigenvalue weighted by atomic mass is 16.5. The van der Waals surface area contributed by atoms with E-state index in [9.17, 15) is 9.59 Å². The van der Waals surface area contributed by atoms with Crippen LogP contribution in [0.4, 0.5) is 0 Å². The van der Waals surface area contributed by atoms with Crippen molar-refractivity contribution in [2.24, 2.45) is 0 Å². The Bertz CT molecular complexity index is 531. The van der Waals surface area contributed by atoms with Gasteiger partial charge in [-0.3, -0.25) is 4.79 Å². The third-order valence-corrected chi connectivity index (χ3v) is 3.39.